The summed E-state index contributed by atoms with van der Waals surface area (Å²) in [6, 6.07) is 0.233. The van der Waals surface area contributed by atoms with E-state index in [9.17, 15) is 13.2 Å². The molecule has 15 nitrogen and oxygen atoms in total. The molecule has 0 radical (unpaired) electrons. The molecule has 16 heteroatoms. The van der Waals surface area contributed by atoms with Gasteiger partial charge in [-0.3, -0.25) is 10.00 Å². The normalized spacial score (nSPS) is 11.7. The van der Waals surface area contributed by atoms with Crippen LogP contribution in [0.3, 0.4) is 0 Å². The van der Waals surface area contributed by atoms with Gasteiger partial charge in [-0.1, -0.05) is 0 Å². The van der Waals surface area contributed by atoms with E-state index in [0.717, 1.165) is 9.80 Å². The van der Waals surface area contributed by atoms with Gasteiger partial charge in [0.15, 0.2) is 10.9 Å². The van der Waals surface area contributed by atoms with Crippen molar-refractivity contribution in [3.05, 3.63) is 17.8 Å². The Hall–Kier alpha value is -3.66. The number of sulfonamides is 1. The maximum absolute atomic E-state index is 12.7. The Morgan fingerprint density at radius 2 is 1.86 bits per heavy atom. The number of hydrazone groups is 1. The van der Waals surface area contributed by atoms with Gasteiger partial charge in [0.25, 0.3) is 10.0 Å². The first-order chi connectivity index (χ1) is 13.6. The minimum absolute atomic E-state index is 0.0515. The summed E-state index contributed by atoms with van der Waals surface area (Å²) in [6.45, 7) is 0. The highest BCUT2D eigenvalue weighted by Gasteiger charge is 2.28. The van der Waals surface area contributed by atoms with Crippen LogP contribution in [-0.2, 0) is 17.1 Å². The molecule has 2 rings (SSSR count). The second-order valence-electron chi connectivity index (χ2n) is 5.38. The second kappa shape index (κ2) is 8.57. The monoisotopic (exact) mass is 428 g/mol. The van der Waals surface area contributed by atoms with E-state index in [0.29, 0.717) is 0 Å². The molecule has 2 aromatic rings. The number of ether oxygens (including phenoxy) is 2. The van der Waals surface area contributed by atoms with Crippen molar-refractivity contribution in [3.63, 3.8) is 0 Å². The number of amidine groups is 1. The smallest absolute Gasteiger partial charge is 0.335 e. The number of amides is 2. The lowest BCUT2D eigenvalue weighted by Gasteiger charge is -2.11. The third kappa shape index (κ3) is 5.20. The molecule has 2 heterocycles. The molecule has 0 fully saturated rings. The number of hydrogen-bond acceptors (Lipinski definition) is 11. The molecule has 6 N–H and O–H groups in total. The number of nitrogens with one attached hydrogen (secondary N) is 2. The summed E-state index contributed by atoms with van der Waals surface area (Å²) in [5.41, 5.74) is 5.71. The second-order valence-corrected chi connectivity index (χ2v) is 6.98. The molecule has 0 aromatic carbocycles. The molecule has 0 bridgehead atoms. The van der Waals surface area contributed by atoms with Crippen molar-refractivity contribution < 1.29 is 22.7 Å². The topological polar surface area (TPSA) is 205 Å². The molecule has 2 amide bonds. The lowest BCUT2D eigenvalue weighted by atomic mass is 10.3. The minimum Gasteiger partial charge on any atom is -0.481 e. The van der Waals surface area contributed by atoms with E-state index in [1.165, 1.54) is 40.6 Å². The van der Waals surface area contributed by atoms with E-state index >= 15 is 0 Å². The highest BCUT2D eigenvalue weighted by molar-refractivity contribution is 7.90. The Balaban J connectivity index is 2.29. The Morgan fingerprint density at radius 3 is 2.38 bits per heavy atom. The number of carbonyl (C=O) groups excluding carboxylic acids is 1. The van der Waals surface area contributed by atoms with Crippen LogP contribution in [-0.4, -0.2) is 66.4 Å². The molecule has 0 unspecified atom stereocenters. The summed E-state index contributed by atoms with van der Waals surface area (Å²) in [5, 5.41) is 10.2. The van der Waals surface area contributed by atoms with Gasteiger partial charge in [0, 0.05) is 14.1 Å². The molecular formula is C13H20N10O5S. The molecule has 29 heavy (non-hydrogen) atoms. The molecule has 0 spiro atoms. The van der Waals surface area contributed by atoms with Gasteiger partial charge < -0.3 is 15.2 Å². The maximum atomic E-state index is 12.7. The lowest BCUT2D eigenvalue weighted by molar-refractivity contribution is 0.256. The first kappa shape index (κ1) is 21.6. The maximum Gasteiger partial charge on any atom is 0.335 e. The number of anilines is 1. The first-order valence-corrected chi connectivity index (χ1v) is 9.21. The predicted molar refractivity (Wildman–Crippen MR) is 100 cm³/mol. The SMILES string of the molecule is COc1cc(OC)nc(NC(=O)NS(=O)(=O)c2c(/C(N)=N/N(C)N)cnn2C)n1. The number of nitrogens with zero attached hydrogens (tertiary/aromatic N) is 6. The van der Waals surface area contributed by atoms with Gasteiger partial charge in [-0.05, 0) is 0 Å². The summed E-state index contributed by atoms with van der Waals surface area (Å²) >= 11 is 0. The van der Waals surface area contributed by atoms with E-state index in [1.807, 2.05) is 4.72 Å². The van der Waals surface area contributed by atoms with E-state index in [2.05, 4.69) is 25.5 Å². The van der Waals surface area contributed by atoms with Crippen molar-refractivity contribution >= 4 is 27.8 Å². The van der Waals surface area contributed by atoms with Crippen LogP contribution in [0.5, 0.6) is 11.8 Å². The van der Waals surface area contributed by atoms with Crippen molar-refractivity contribution in [2.45, 2.75) is 5.03 Å². The minimum atomic E-state index is -4.41. The zero-order chi connectivity index (χ0) is 21.8. The van der Waals surface area contributed by atoms with E-state index in [1.54, 1.807) is 0 Å². The van der Waals surface area contributed by atoms with E-state index < -0.39 is 21.1 Å². The van der Waals surface area contributed by atoms with Gasteiger partial charge in [0.2, 0.25) is 17.7 Å². The molecule has 0 saturated heterocycles. The van der Waals surface area contributed by atoms with Crippen LogP contribution < -0.4 is 31.1 Å². The van der Waals surface area contributed by atoms with Gasteiger partial charge in [0.1, 0.15) is 0 Å². The highest BCUT2D eigenvalue weighted by atomic mass is 32.2. The third-order valence-electron chi connectivity index (χ3n) is 3.23. The van der Waals surface area contributed by atoms with Crippen LogP contribution >= 0.6 is 0 Å². The number of hydrogen-bond donors (Lipinski definition) is 4. The van der Waals surface area contributed by atoms with Crippen molar-refractivity contribution in [1.82, 2.24) is 29.6 Å². The van der Waals surface area contributed by atoms with Gasteiger partial charge in [-0.15, -0.1) is 5.10 Å². The van der Waals surface area contributed by atoms with Gasteiger partial charge in [0.05, 0.1) is 32.0 Å². The van der Waals surface area contributed by atoms with Crippen LogP contribution in [0.2, 0.25) is 0 Å². The Morgan fingerprint density at radius 1 is 1.28 bits per heavy atom. The van der Waals surface area contributed by atoms with Crippen LogP contribution in [0.25, 0.3) is 0 Å². The lowest BCUT2D eigenvalue weighted by Crippen LogP contribution is -2.37. The van der Waals surface area contributed by atoms with Gasteiger partial charge in [-0.25, -0.2) is 20.5 Å². The fourth-order valence-electron chi connectivity index (χ4n) is 2.11. The zero-order valence-electron chi connectivity index (χ0n) is 15.9. The number of rotatable bonds is 7. The van der Waals surface area contributed by atoms with Crippen molar-refractivity contribution in [1.29, 1.82) is 0 Å². The molecule has 2 aromatic heterocycles. The number of nitrogens with two attached hydrogens (primary N) is 2. The van der Waals surface area contributed by atoms with Crippen molar-refractivity contribution in [2.24, 2.45) is 23.7 Å². The summed E-state index contributed by atoms with van der Waals surface area (Å²) in [6.07, 6.45) is 1.17. The fraction of sp³-hybridized carbons (Fsp3) is 0.308. The quantitative estimate of drug-likeness (QED) is 0.167. The van der Waals surface area contributed by atoms with Crippen molar-refractivity contribution in [2.75, 3.05) is 26.6 Å². The van der Waals surface area contributed by atoms with Crippen LogP contribution in [0, 0.1) is 0 Å². The molecule has 0 saturated carbocycles. The van der Waals surface area contributed by atoms with Crippen LogP contribution in [0.1, 0.15) is 5.56 Å². The Bertz CT molecular complexity index is 1010. The molecule has 0 aliphatic heterocycles. The fourth-order valence-corrected chi connectivity index (χ4v) is 3.34. The number of hydrazine groups is 1. The predicted octanol–water partition coefficient (Wildman–Crippen LogP) is -1.84. The number of aryl methyl sites for hydroxylation is 1. The Kier molecular flexibility index (Phi) is 6.39. The summed E-state index contributed by atoms with van der Waals surface area (Å²) in [5.74, 6) is 5.11. The number of urea groups is 1. The third-order valence-corrected chi connectivity index (χ3v) is 4.68. The number of carbonyl (C=O) groups is 1. The van der Waals surface area contributed by atoms with E-state index in [-0.39, 0.29) is 29.1 Å². The largest absolute Gasteiger partial charge is 0.481 e. The molecular weight excluding hydrogens is 408 g/mol. The van der Waals surface area contributed by atoms with Crippen LogP contribution in [0.15, 0.2) is 22.4 Å². The standard InChI is InChI=1S/C13H20N10O5S/c1-22-11(7(6-16-22)10(14)20-23(2)15)29(25,26)21-13(24)19-12-17-8(27-3)5-9(18-12)28-4/h5-6H,15H2,1-4H3,(H2,14,20)(H2,17,18,19,21,24). The Labute approximate surface area is 165 Å². The average Bonchev–Trinajstić information content (AvgIpc) is 3.02. The molecule has 0 atom stereocenters. The van der Waals surface area contributed by atoms with Crippen LogP contribution in [0.4, 0.5) is 10.7 Å². The summed E-state index contributed by atoms with van der Waals surface area (Å²) in [7, 11) is 1.04. The molecule has 0 aliphatic rings. The number of methoxy groups -OCH3 is 2. The highest BCUT2D eigenvalue weighted by Crippen LogP contribution is 2.18. The van der Waals surface area contributed by atoms with E-state index in [4.69, 9.17) is 21.1 Å². The summed E-state index contributed by atoms with van der Waals surface area (Å²) < 4.78 is 38.1. The summed E-state index contributed by atoms with van der Waals surface area (Å²) in [4.78, 5) is 20.0. The first-order valence-electron chi connectivity index (χ1n) is 7.73. The zero-order valence-corrected chi connectivity index (χ0v) is 16.8. The van der Waals surface area contributed by atoms with Gasteiger partial charge in [-0.2, -0.15) is 23.5 Å². The molecule has 158 valence electrons. The molecule has 0 aliphatic carbocycles. The van der Waals surface area contributed by atoms with Crippen molar-refractivity contribution in [3.8, 4) is 11.8 Å². The van der Waals surface area contributed by atoms with Gasteiger partial charge >= 0.3 is 6.03 Å². The number of aromatic nitrogens is 4. The average molecular weight is 428 g/mol.